The first kappa shape index (κ1) is 15.7. The fourth-order valence-corrected chi connectivity index (χ4v) is 2.81. The van der Waals surface area contributed by atoms with Gasteiger partial charge >= 0.3 is 0 Å². The lowest BCUT2D eigenvalue weighted by Gasteiger charge is -2.12. The van der Waals surface area contributed by atoms with E-state index in [1.165, 1.54) is 22.3 Å². The van der Waals surface area contributed by atoms with Gasteiger partial charge in [-0.1, -0.05) is 12.1 Å². The molecule has 0 aromatic heterocycles. The van der Waals surface area contributed by atoms with Crippen LogP contribution in [0.3, 0.4) is 0 Å². The normalized spacial score (nSPS) is 12.5. The summed E-state index contributed by atoms with van der Waals surface area (Å²) in [7, 11) is 1.71. The van der Waals surface area contributed by atoms with E-state index in [1.54, 1.807) is 7.11 Å². The van der Waals surface area contributed by atoms with Gasteiger partial charge in [-0.05, 0) is 67.3 Å². The predicted molar refractivity (Wildman–Crippen MR) is 90.4 cm³/mol. The molecular weight excluding hydrogens is 290 g/mol. The molecule has 0 fully saturated rings. The van der Waals surface area contributed by atoms with Gasteiger partial charge in [0.15, 0.2) is 11.5 Å². The molecule has 0 unspecified atom stereocenters. The molecule has 0 atom stereocenters. The topological polar surface area (TPSA) is 39.7 Å². The van der Waals surface area contributed by atoms with E-state index in [2.05, 4.69) is 43.4 Å². The Labute approximate surface area is 137 Å². The Morgan fingerprint density at radius 2 is 1.87 bits per heavy atom. The molecule has 0 radical (unpaired) electrons. The van der Waals surface area contributed by atoms with Gasteiger partial charge in [-0.15, -0.1) is 0 Å². The maximum Gasteiger partial charge on any atom is 0.231 e. The van der Waals surface area contributed by atoms with Crippen LogP contribution in [0.2, 0.25) is 0 Å². The molecule has 122 valence electrons. The van der Waals surface area contributed by atoms with Crippen molar-refractivity contribution in [2.75, 3.05) is 20.4 Å². The third kappa shape index (κ3) is 3.59. The molecule has 1 aliphatic heterocycles. The molecule has 1 aliphatic rings. The van der Waals surface area contributed by atoms with E-state index in [1.807, 2.05) is 6.07 Å². The molecule has 0 saturated carbocycles. The molecule has 3 rings (SSSR count). The number of rotatable bonds is 6. The van der Waals surface area contributed by atoms with Gasteiger partial charge in [0.2, 0.25) is 6.79 Å². The quantitative estimate of drug-likeness (QED) is 0.830. The lowest BCUT2D eigenvalue weighted by Crippen LogP contribution is -2.17. The summed E-state index contributed by atoms with van der Waals surface area (Å²) in [6, 6.07) is 10.4. The van der Waals surface area contributed by atoms with Gasteiger partial charge < -0.3 is 19.5 Å². The summed E-state index contributed by atoms with van der Waals surface area (Å²) in [4.78, 5) is 0. The van der Waals surface area contributed by atoms with Crippen molar-refractivity contribution in [1.29, 1.82) is 0 Å². The van der Waals surface area contributed by atoms with Crippen molar-refractivity contribution in [3.8, 4) is 17.2 Å². The number of nitrogens with one attached hydrogen (secondary N) is 1. The van der Waals surface area contributed by atoms with Crippen LogP contribution in [0.1, 0.15) is 22.3 Å². The first-order valence-electron chi connectivity index (χ1n) is 7.90. The van der Waals surface area contributed by atoms with Crippen LogP contribution in [0.5, 0.6) is 17.2 Å². The van der Waals surface area contributed by atoms with Gasteiger partial charge in [0.05, 0.1) is 7.11 Å². The second-order valence-electron chi connectivity index (χ2n) is 5.86. The minimum atomic E-state index is 0.327. The van der Waals surface area contributed by atoms with Gasteiger partial charge in [-0.2, -0.15) is 0 Å². The van der Waals surface area contributed by atoms with E-state index >= 15 is 0 Å². The lowest BCUT2D eigenvalue weighted by atomic mass is 10.0. The molecule has 1 heterocycles. The molecule has 23 heavy (non-hydrogen) atoms. The Morgan fingerprint density at radius 3 is 2.70 bits per heavy atom. The third-order valence-electron chi connectivity index (χ3n) is 4.20. The van der Waals surface area contributed by atoms with Crippen molar-refractivity contribution in [1.82, 2.24) is 5.32 Å². The molecule has 2 aromatic rings. The first-order valence-corrected chi connectivity index (χ1v) is 7.90. The number of hydrogen-bond acceptors (Lipinski definition) is 4. The highest BCUT2D eigenvalue weighted by Crippen LogP contribution is 2.32. The maximum atomic E-state index is 5.41. The number of methoxy groups -OCH3 is 1. The number of benzene rings is 2. The van der Waals surface area contributed by atoms with Gasteiger partial charge in [-0.25, -0.2) is 0 Å². The molecule has 2 aromatic carbocycles. The van der Waals surface area contributed by atoms with Crippen LogP contribution in [0.15, 0.2) is 30.3 Å². The SMILES string of the molecule is COc1cc(C)c(CNCCc2ccc3c(c2)OCO3)cc1C. The molecular formula is C19H23NO3. The zero-order valence-corrected chi connectivity index (χ0v) is 13.9. The van der Waals surface area contributed by atoms with Crippen molar-refractivity contribution in [2.24, 2.45) is 0 Å². The van der Waals surface area contributed by atoms with Gasteiger partial charge in [0, 0.05) is 6.54 Å². The van der Waals surface area contributed by atoms with Crippen molar-refractivity contribution in [3.05, 3.63) is 52.6 Å². The van der Waals surface area contributed by atoms with Crippen molar-refractivity contribution in [2.45, 2.75) is 26.8 Å². The average Bonchev–Trinajstić information content (AvgIpc) is 3.01. The summed E-state index contributed by atoms with van der Waals surface area (Å²) in [5.41, 5.74) is 4.99. The van der Waals surface area contributed by atoms with Gasteiger partial charge in [-0.3, -0.25) is 0 Å². The molecule has 0 saturated heterocycles. The van der Waals surface area contributed by atoms with E-state index in [0.29, 0.717) is 6.79 Å². The molecule has 0 bridgehead atoms. The monoisotopic (exact) mass is 313 g/mol. The van der Waals surface area contributed by atoms with Crippen molar-refractivity contribution < 1.29 is 14.2 Å². The van der Waals surface area contributed by atoms with Crippen LogP contribution in [0, 0.1) is 13.8 Å². The molecule has 4 nitrogen and oxygen atoms in total. The summed E-state index contributed by atoms with van der Waals surface area (Å²) in [6.07, 6.45) is 0.963. The zero-order valence-electron chi connectivity index (χ0n) is 13.9. The van der Waals surface area contributed by atoms with E-state index in [-0.39, 0.29) is 0 Å². The third-order valence-corrected chi connectivity index (χ3v) is 4.20. The van der Waals surface area contributed by atoms with Crippen molar-refractivity contribution >= 4 is 0 Å². The number of aryl methyl sites for hydroxylation is 2. The lowest BCUT2D eigenvalue weighted by molar-refractivity contribution is 0.174. The number of hydrogen-bond donors (Lipinski definition) is 1. The summed E-state index contributed by atoms with van der Waals surface area (Å²) < 4.78 is 16.1. The summed E-state index contributed by atoms with van der Waals surface area (Å²) >= 11 is 0. The van der Waals surface area contributed by atoms with Gasteiger partial charge in [0.1, 0.15) is 5.75 Å². The fraction of sp³-hybridized carbons (Fsp3) is 0.368. The summed E-state index contributed by atoms with van der Waals surface area (Å²) in [5, 5.41) is 3.51. The van der Waals surface area contributed by atoms with Crippen LogP contribution in [0.4, 0.5) is 0 Å². The van der Waals surface area contributed by atoms with Crippen molar-refractivity contribution in [3.63, 3.8) is 0 Å². The Balaban J connectivity index is 1.53. The number of fused-ring (bicyclic) bond motifs is 1. The summed E-state index contributed by atoms with van der Waals surface area (Å²) in [6.45, 7) is 6.31. The van der Waals surface area contributed by atoms with Gasteiger partial charge in [0.25, 0.3) is 0 Å². The minimum Gasteiger partial charge on any atom is -0.496 e. The smallest absolute Gasteiger partial charge is 0.231 e. The standard InChI is InChI=1S/C19H23NO3/c1-13-9-18(21-3)14(2)8-16(13)11-20-7-6-15-4-5-17-19(10-15)23-12-22-17/h4-5,8-10,20H,6-7,11-12H2,1-3H3. The minimum absolute atomic E-state index is 0.327. The van der Waals surface area contributed by atoms with E-state index in [4.69, 9.17) is 14.2 Å². The Kier molecular flexibility index (Phi) is 4.72. The molecule has 1 N–H and O–H groups in total. The maximum absolute atomic E-state index is 5.41. The molecule has 0 spiro atoms. The van der Waals surface area contributed by atoms with Crippen LogP contribution in [-0.2, 0) is 13.0 Å². The number of ether oxygens (including phenoxy) is 3. The van der Waals surface area contributed by atoms with E-state index in [9.17, 15) is 0 Å². The van der Waals surface area contributed by atoms with Crippen LogP contribution >= 0.6 is 0 Å². The predicted octanol–water partition coefficient (Wildman–Crippen LogP) is 3.37. The Hall–Kier alpha value is -2.20. The highest BCUT2D eigenvalue weighted by atomic mass is 16.7. The van der Waals surface area contributed by atoms with Crippen LogP contribution < -0.4 is 19.5 Å². The molecule has 0 aliphatic carbocycles. The second kappa shape index (κ2) is 6.92. The first-order chi connectivity index (χ1) is 11.2. The average molecular weight is 313 g/mol. The second-order valence-corrected chi connectivity index (χ2v) is 5.86. The van der Waals surface area contributed by atoms with Crippen LogP contribution in [-0.4, -0.2) is 20.4 Å². The van der Waals surface area contributed by atoms with E-state index < -0.39 is 0 Å². The highest BCUT2D eigenvalue weighted by Gasteiger charge is 2.12. The van der Waals surface area contributed by atoms with Crippen LogP contribution in [0.25, 0.3) is 0 Å². The fourth-order valence-electron chi connectivity index (χ4n) is 2.81. The zero-order chi connectivity index (χ0) is 16.2. The largest absolute Gasteiger partial charge is 0.496 e. The highest BCUT2D eigenvalue weighted by molar-refractivity contribution is 5.44. The van der Waals surface area contributed by atoms with E-state index in [0.717, 1.165) is 36.8 Å². The Bertz CT molecular complexity index is 697. The molecule has 4 heteroatoms. The molecule has 0 amide bonds. The Morgan fingerprint density at radius 1 is 1.04 bits per heavy atom. The summed E-state index contributed by atoms with van der Waals surface area (Å²) in [5.74, 6) is 2.64.